The van der Waals surface area contributed by atoms with Crippen LogP contribution >= 0.6 is 0 Å². The molecule has 1 fully saturated rings. The number of nitrogens with two attached hydrogens (primary N) is 1. The summed E-state index contributed by atoms with van der Waals surface area (Å²) in [6.07, 6.45) is 0. The SMILES string of the molecule is CC1CN(C)CCN1Cc1ccc(F)c(CN)c1. The van der Waals surface area contributed by atoms with Gasteiger partial charge in [-0.1, -0.05) is 12.1 Å². The standard InChI is InChI=1S/C14H22FN3/c1-11-9-17(2)5-6-18(11)10-12-3-4-14(15)13(7-12)8-16/h3-4,7,11H,5-6,8-10,16H2,1-2H3. The molecule has 4 heteroatoms. The molecule has 1 saturated heterocycles. The lowest BCUT2D eigenvalue weighted by Gasteiger charge is -2.38. The molecule has 1 aromatic rings. The average Bonchev–Trinajstić information content (AvgIpc) is 2.35. The summed E-state index contributed by atoms with van der Waals surface area (Å²) in [5.74, 6) is -0.201. The molecule has 0 amide bonds. The molecule has 3 nitrogen and oxygen atoms in total. The van der Waals surface area contributed by atoms with E-state index in [1.807, 2.05) is 12.1 Å². The lowest BCUT2D eigenvalue weighted by Crippen LogP contribution is -2.49. The molecule has 1 unspecified atom stereocenters. The maximum atomic E-state index is 13.4. The van der Waals surface area contributed by atoms with Gasteiger partial charge in [0.1, 0.15) is 5.82 Å². The zero-order chi connectivity index (χ0) is 13.1. The summed E-state index contributed by atoms with van der Waals surface area (Å²) in [6.45, 7) is 6.62. The van der Waals surface area contributed by atoms with Gasteiger partial charge in [-0.25, -0.2) is 4.39 Å². The van der Waals surface area contributed by atoms with E-state index in [0.29, 0.717) is 11.6 Å². The van der Waals surface area contributed by atoms with Crippen LogP contribution in [0.5, 0.6) is 0 Å². The van der Waals surface area contributed by atoms with Crippen molar-refractivity contribution in [3.63, 3.8) is 0 Å². The molecule has 1 aromatic carbocycles. The van der Waals surface area contributed by atoms with Crippen LogP contribution in [0.4, 0.5) is 4.39 Å². The van der Waals surface area contributed by atoms with Crippen molar-refractivity contribution in [2.45, 2.75) is 26.1 Å². The van der Waals surface area contributed by atoms with Gasteiger partial charge in [-0.05, 0) is 25.6 Å². The number of rotatable bonds is 3. The van der Waals surface area contributed by atoms with Crippen molar-refractivity contribution in [1.29, 1.82) is 0 Å². The zero-order valence-electron chi connectivity index (χ0n) is 11.2. The predicted octanol–water partition coefficient (Wildman–Crippen LogP) is 1.42. The Morgan fingerprint density at radius 2 is 2.17 bits per heavy atom. The van der Waals surface area contributed by atoms with Gasteiger partial charge in [-0.2, -0.15) is 0 Å². The summed E-state index contributed by atoms with van der Waals surface area (Å²) >= 11 is 0. The highest BCUT2D eigenvalue weighted by Crippen LogP contribution is 2.15. The molecular weight excluding hydrogens is 229 g/mol. The van der Waals surface area contributed by atoms with Crippen LogP contribution in [0.15, 0.2) is 18.2 Å². The third-order valence-electron chi connectivity index (χ3n) is 3.68. The fourth-order valence-electron chi connectivity index (χ4n) is 2.53. The fourth-order valence-corrected chi connectivity index (χ4v) is 2.53. The lowest BCUT2D eigenvalue weighted by atomic mass is 10.1. The molecule has 0 radical (unpaired) electrons. The summed E-state index contributed by atoms with van der Waals surface area (Å²) in [6, 6.07) is 5.81. The first-order valence-corrected chi connectivity index (χ1v) is 6.50. The second-order valence-corrected chi connectivity index (χ2v) is 5.21. The molecule has 18 heavy (non-hydrogen) atoms. The fraction of sp³-hybridized carbons (Fsp3) is 0.571. The Labute approximate surface area is 108 Å². The third-order valence-corrected chi connectivity index (χ3v) is 3.68. The monoisotopic (exact) mass is 251 g/mol. The molecule has 0 bridgehead atoms. The number of benzene rings is 1. The van der Waals surface area contributed by atoms with E-state index in [0.717, 1.165) is 31.7 Å². The van der Waals surface area contributed by atoms with Crippen molar-refractivity contribution in [3.8, 4) is 0 Å². The van der Waals surface area contributed by atoms with Crippen LogP contribution < -0.4 is 5.73 Å². The number of hydrogen-bond acceptors (Lipinski definition) is 3. The van der Waals surface area contributed by atoms with Crippen LogP contribution in [0.25, 0.3) is 0 Å². The van der Waals surface area contributed by atoms with Gasteiger partial charge in [0.2, 0.25) is 0 Å². The van der Waals surface area contributed by atoms with Gasteiger partial charge in [-0.3, -0.25) is 4.90 Å². The maximum absolute atomic E-state index is 13.4. The van der Waals surface area contributed by atoms with Crippen molar-refractivity contribution in [3.05, 3.63) is 35.1 Å². The molecular formula is C14H22FN3. The molecule has 1 heterocycles. The smallest absolute Gasteiger partial charge is 0.127 e. The zero-order valence-corrected chi connectivity index (χ0v) is 11.2. The Kier molecular flexibility index (Phi) is 4.32. The number of piperazine rings is 1. The van der Waals surface area contributed by atoms with Crippen molar-refractivity contribution < 1.29 is 4.39 Å². The number of halogens is 1. The lowest BCUT2D eigenvalue weighted by molar-refractivity contribution is 0.0938. The Bertz CT molecular complexity index is 408. The highest BCUT2D eigenvalue weighted by molar-refractivity contribution is 5.25. The van der Waals surface area contributed by atoms with E-state index in [2.05, 4.69) is 23.8 Å². The number of nitrogens with zero attached hydrogens (tertiary/aromatic N) is 2. The topological polar surface area (TPSA) is 32.5 Å². The van der Waals surface area contributed by atoms with Crippen LogP contribution in [0.3, 0.4) is 0 Å². The van der Waals surface area contributed by atoms with Gasteiger partial charge in [-0.15, -0.1) is 0 Å². The summed E-state index contributed by atoms with van der Waals surface area (Å²) in [7, 11) is 2.15. The predicted molar refractivity (Wildman–Crippen MR) is 71.7 cm³/mol. The van der Waals surface area contributed by atoms with E-state index in [4.69, 9.17) is 5.73 Å². The maximum Gasteiger partial charge on any atom is 0.127 e. The molecule has 1 atom stereocenters. The van der Waals surface area contributed by atoms with E-state index < -0.39 is 0 Å². The van der Waals surface area contributed by atoms with Crippen LogP contribution in [0.1, 0.15) is 18.1 Å². The van der Waals surface area contributed by atoms with Crippen LogP contribution in [-0.4, -0.2) is 42.5 Å². The molecule has 2 rings (SSSR count). The van der Waals surface area contributed by atoms with E-state index in [1.165, 1.54) is 6.07 Å². The van der Waals surface area contributed by atoms with Crippen LogP contribution in [0.2, 0.25) is 0 Å². The van der Waals surface area contributed by atoms with Gasteiger partial charge in [0.05, 0.1) is 0 Å². The van der Waals surface area contributed by atoms with Gasteiger partial charge >= 0.3 is 0 Å². The second-order valence-electron chi connectivity index (χ2n) is 5.21. The average molecular weight is 251 g/mol. The van der Waals surface area contributed by atoms with Crippen LogP contribution in [-0.2, 0) is 13.1 Å². The van der Waals surface area contributed by atoms with Crippen molar-refractivity contribution in [2.24, 2.45) is 5.73 Å². The minimum Gasteiger partial charge on any atom is -0.326 e. The normalized spacial score (nSPS) is 22.3. The number of hydrogen-bond donors (Lipinski definition) is 1. The first kappa shape index (κ1) is 13.5. The third kappa shape index (κ3) is 3.07. The second kappa shape index (κ2) is 5.78. The molecule has 100 valence electrons. The highest BCUT2D eigenvalue weighted by Gasteiger charge is 2.21. The van der Waals surface area contributed by atoms with E-state index in [1.54, 1.807) is 0 Å². The van der Waals surface area contributed by atoms with Gasteiger partial charge < -0.3 is 10.6 Å². The summed E-state index contributed by atoms with van der Waals surface area (Å²) in [5, 5.41) is 0. The first-order valence-electron chi connectivity index (χ1n) is 6.50. The molecule has 0 aromatic heterocycles. The van der Waals surface area contributed by atoms with Gasteiger partial charge in [0.15, 0.2) is 0 Å². The minimum absolute atomic E-state index is 0.201. The van der Waals surface area contributed by atoms with Gasteiger partial charge in [0, 0.05) is 44.3 Å². The van der Waals surface area contributed by atoms with Crippen molar-refractivity contribution in [2.75, 3.05) is 26.7 Å². The quantitative estimate of drug-likeness (QED) is 0.882. The van der Waals surface area contributed by atoms with Crippen molar-refractivity contribution >= 4 is 0 Å². The molecule has 0 saturated carbocycles. The summed E-state index contributed by atoms with van der Waals surface area (Å²) in [5.41, 5.74) is 7.29. The van der Waals surface area contributed by atoms with E-state index >= 15 is 0 Å². The Balaban J connectivity index is 2.05. The molecule has 0 spiro atoms. The molecule has 2 N–H and O–H groups in total. The molecule has 1 aliphatic rings. The first-order chi connectivity index (χ1) is 8.60. The largest absolute Gasteiger partial charge is 0.326 e. The van der Waals surface area contributed by atoms with E-state index in [9.17, 15) is 4.39 Å². The Morgan fingerprint density at radius 1 is 1.39 bits per heavy atom. The Morgan fingerprint density at radius 3 is 2.83 bits per heavy atom. The minimum atomic E-state index is -0.201. The molecule has 0 aliphatic carbocycles. The highest BCUT2D eigenvalue weighted by atomic mass is 19.1. The van der Waals surface area contributed by atoms with Crippen molar-refractivity contribution in [1.82, 2.24) is 9.80 Å². The van der Waals surface area contributed by atoms with Crippen LogP contribution in [0, 0.1) is 5.82 Å². The number of likely N-dealkylation sites (N-methyl/N-ethyl adjacent to an activating group) is 1. The van der Waals surface area contributed by atoms with E-state index in [-0.39, 0.29) is 12.4 Å². The summed E-state index contributed by atoms with van der Waals surface area (Å²) < 4.78 is 13.4. The Hall–Kier alpha value is -0.970. The molecule has 1 aliphatic heterocycles. The van der Waals surface area contributed by atoms with Gasteiger partial charge in [0.25, 0.3) is 0 Å². The summed E-state index contributed by atoms with van der Waals surface area (Å²) in [4.78, 5) is 4.78.